The van der Waals surface area contributed by atoms with Crippen LogP contribution in [0.4, 0.5) is 0 Å². The number of thioether (sulfide) groups is 1. The van der Waals surface area contributed by atoms with E-state index >= 15 is 0 Å². The smallest absolute Gasteiger partial charge is 0.0170 e. The fourth-order valence-corrected chi connectivity index (χ4v) is 2.80. The molecule has 0 fully saturated rings. The summed E-state index contributed by atoms with van der Waals surface area (Å²) in [5, 5.41) is 3.62. The topological polar surface area (TPSA) is 12.0 Å². The van der Waals surface area contributed by atoms with Gasteiger partial charge in [0, 0.05) is 23.1 Å². The highest BCUT2D eigenvalue weighted by molar-refractivity contribution is 7.99. The first kappa shape index (κ1) is 16.1. The number of hydrogen-bond donors (Lipinski definition) is 1. The van der Waals surface area contributed by atoms with Crippen LogP contribution in [-0.4, -0.2) is 18.3 Å². The molecule has 0 bridgehead atoms. The first-order valence-electron chi connectivity index (χ1n) is 7.08. The third-order valence-corrected chi connectivity index (χ3v) is 4.12. The summed E-state index contributed by atoms with van der Waals surface area (Å²) in [5.74, 6) is 7.26. The zero-order chi connectivity index (χ0) is 13.9. The quantitative estimate of drug-likeness (QED) is 0.562. The van der Waals surface area contributed by atoms with Crippen molar-refractivity contribution in [3.63, 3.8) is 0 Å². The van der Waals surface area contributed by atoms with Crippen molar-refractivity contribution in [2.24, 2.45) is 0 Å². The van der Waals surface area contributed by atoms with Crippen molar-refractivity contribution in [2.75, 3.05) is 12.3 Å². The van der Waals surface area contributed by atoms with E-state index in [-0.39, 0.29) is 0 Å². The molecule has 0 saturated heterocycles. The molecule has 1 N–H and O–H groups in total. The van der Waals surface area contributed by atoms with Gasteiger partial charge in [-0.15, -0.1) is 23.6 Å². The molecule has 1 rings (SSSR count). The molecule has 0 heterocycles. The number of aryl methyl sites for hydroxylation is 1. The predicted octanol–water partition coefficient (Wildman–Crippen LogP) is 4.26. The van der Waals surface area contributed by atoms with E-state index in [0.29, 0.717) is 6.04 Å². The lowest BCUT2D eigenvalue weighted by atomic mass is 10.2. The lowest BCUT2D eigenvalue weighted by Gasteiger charge is -2.17. The van der Waals surface area contributed by atoms with Gasteiger partial charge in [0.25, 0.3) is 0 Å². The molecule has 0 amide bonds. The second-order valence-corrected chi connectivity index (χ2v) is 5.83. The average molecular weight is 275 g/mol. The molecule has 1 aromatic carbocycles. The minimum Gasteiger partial charge on any atom is -0.313 e. The Kier molecular flexibility index (Phi) is 8.45. The van der Waals surface area contributed by atoms with Gasteiger partial charge in [-0.05, 0) is 45.4 Å². The molecule has 1 unspecified atom stereocenters. The van der Waals surface area contributed by atoms with E-state index in [0.717, 1.165) is 25.1 Å². The summed E-state index contributed by atoms with van der Waals surface area (Å²) in [5.41, 5.74) is 1.32. The number of benzene rings is 1. The highest BCUT2D eigenvalue weighted by Gasteiger charge is 2.07. The van der Waals surface area contributed by atoms with Crippen LogP contribution in [0.15, 0.2) is 29.2 Å². The van der Waals surface area contributed by atoms with Crippen LogP contribution in [0.25, 0.3) is 0 Å². The number of rotatable bonds is 8. The van der Waals surface area contributed by atoms with Crippen LogP contribution in [0.3, 0.4) is 0 Å². The molecule has 104 valence electrons. The normalized spacial score (nSPS) is 11.7. The monoisotopic (exact) mass is 275 g/mol. The van der Waals surface area contributed by atoms with Gasteiger partial charge in [0.15, 0.2) is 0 Å². The number of hydrogen-bond acceptors (Lipinski definition) is 2. The highest BCUT2D eigenvalue weighted by Crippen LogP contribution is 2.20. The summed E-state index contributed by atoms with van der Waals surface area (Å²) < 4.78 is 0. The summed E-state index contributed by atoms with van der Waals surface area (Å²) in [4.78, 5) is 1.36. The zero-order valence-electron chi connectivity index (χ0n) is 12.3. The molecule has 2 heteroatoms. The minimum atomic E-state index is 0.562. The average Bonchev–Trinajstić information content (AvgIpc) is 2.43. The summed E-state index contributed by atoms with van der Waals surface area (Å²) in [6, 6.07) is 9.34. The van der Waals surface area contributed by atoms with Crippen molar-refractivity contribution in [1.82, 2.24) is 5.32 Å². The molecular formula is C17H25NS. The summed E-state index contributed by atoms with van der Waals surface area (Å²) in [7, 11) is 0. The van der Waals surface area contributed by atoms with Gasteiger partial charge in [0.1, 0.15) is 0 Å². The maximum absolute atomic E-state index is 3.62. The number of nitrogens with one attached hydrogen (secondary N) is 1. The Morgan fingerprint density at radius 2 is 2.00 bits per heavy atom. The van der Waals surface area contributed by atoms with E-state index < -0.39 is 0 Å². The van der Waals surface area contributed by atoms with Crippen LogP contribution < -0.4 is 5.32 Å². The highest BCUT2D eigenvalue weighted by atomic mass is 32.2. The van der Waals surface area contributed by atoms with Crippen LogP contribution in [0, 0.1) is 18.8 Å². The minimum absolute atomic E-state index is 0.562. The van der Waals surface area contributed by atoms with E-state index in [1.165, 1.54) is 16.9 Å². The van der Waals surface area contributed by atoms with Gasteiger partial charge in [0.05, 0.1) is 0 Å². The Morgan fingerprint density at radius 1 is 1.26 bits per heavy atom. The second-order valence-electron chi connectivity index (χ2n) is 4.74. The Hall–Kier alpha value is -0.910. The van der Waals surface area contributed by atoms with Crippen molar-refractivity contribution in [1.29, 1.82) is 0 Å². The fraction of sp³-hybridized carbons (Fsp3) is 0.529. The molecule has 0 aliphatic carbocycles. The lowest BCUT2D eigenvalue weighted by molar-refractivity contribution is 0.526. The third kappa shape index (κ3) is 7.30. The Labute approximate surface area is 122 Å². The standard InChI is InChI=1S/C17H25NS/c1-4-6-7-8-16(18-13-5-2)14-19-17-11-9-15(3)10-12-17/h9-12,16,18H,5,7-8,13-14H2,1-3H3. The van der Waals surface area contributed by atoms with Crippen LogP contribution in [0.2, 0.25) is 0 Å². The SMILES string of the molecule is CC#CCCC(CSc1ccc(C)cc1)NCCC. The maximum Gasteiger partial charge on any atom is 0.0170 e. The van der Waals surface area contributed by atoms with Crippen LogP contribution in [0.1, 0.15) is 38.7 Å². The Morgan fingerprint density at radius 3 is 2.63 bits per heavy atom. The molecule has 1 atom stereocenters. The van der Waals surface area contributed by atoms with Crippen molar-refractivity contribution < 1.29 is 0 Å². The van der Waals surface area contributed by atoms with Gasteiger partial charge in [-0.1, -0.05) is 24.6 Å². The van der Waals surface area contributed by atoms with E-state index in [9.17, 15) is 0 Å². The fourth-order valence-electron chi connectivity index (χ4n) is 1.80. The first-order chi connectivity index (χ1) is 9.26. The molecular weight excluding hydrogens is 250 g/mol. The van der Waals surface area contributed by atoms with Crippen molar-refractivity contribution in [3.8, 4) is 11.8 Å². The molecule has 0 saturated carbocycles. The summed E-state index contributed by atoms with van der Waals surface area (Å²) >= 11 is 1.94. The molecule has 0 aliphatic heterocycles. The molecule has 0 aliphatic rings. The Bertz CT molecular complexity index is 400. The lowest BCUT2D eigenvalue weighted by Crippen LogP contribution is -2.31. The van der Waals surface area contributed by atoms with E-state index in [2.05, 4.69) is 55.3 Å². The zero-order valence-corrected chi connectivity index (χ0v) is 13.1. The van der Waals surface area contributed by atoms with E-state index in [1.807, 2.05) is 18.7 Å². The maximum atomic E-state index is 3.62. The van der Waals surface area contributed by atoms with Crippen molar-refractivity contribution in [2.45, 2.75) is 51.0 Å². The van der Waals surface area contributed by atoms with Gasteiger partial charge in [0.2, 0.25) is 0 Å². The van der Waals surface area contributed by atoms with Gasteiger partial charge < -0.3 is 5.32 Å². The predicted molar refractivity (Wildman–Crippen MR) is 86.7 cm³/mol. The van der Waals surface area contributed by atoms with Gasteiger partial charge in [-0.3, -0.25) is 0 Å². The molecule has 1 aromatic rings. The molecule has 1 nitrogen and oxygen atoms in total. The first-order valence-corrected chi connectivity index (χ1v) is 8.07. The molecule has 19 heavy (non-hydrogen) atoms. The Balaban J connectivity index is 2.41. The largest absolute Gasteiger partial charge is 0.313 e. The summed E-state index contributed by atoms with van der Waals surface area (Å²) in [6.07, 6.45) is 3.32. The van der Waals surface area contributed by atoms with Gasteiger partial charge >= 0.3 is 0 Å². The van der Waals surface area contributed by atoms with Crippen LogP contribution in [-0.2, 0) is 0 Å². The van der Waals surface area contributed by atoms with Crippen molar-refractivity contribution >= 4 is 11.8 Å². The molecule has 0 spiro atoms. The third-order valence-electron chi connectivity index (χ3n) is 2.95. The van der Waals surface area contributed by atoms with Gasteiger partial charge in [-0.25, -0.2) is 0 Å². The van der Waals surface area contributed by atoms with E-state index in [1.54, 1.807) is 0 Å². The van der Waals surface area contributed by atoms with Crippen LogP contribution >= 0.6 is 11.8 Å². The summed E-state index contributed by atoms with van der Waals surface area (Å²) in [6.45, 7) is 7.35. The van der Waals surface area contributed by atoms with E-state index in [4.69, 9.17) is 0 Å². The molecule has 0 aromatic heterocycles. The molecule has 0 radical (unpaired) electrons. The van der Waals surface area contributed by atoms with Crippen LogP contribution in [0.5, 0.6) is 0 Å². The van der Waals surface area contributed by atoms with Crippen molar-refractivity contribution in [3.05, 3.63) is 29.8 Å². The van der Waals surface area contributed by atoms with Gasteiger partial charge in [-0.2, -0.15) is 0 Å². The second kappa shape index (κ2) is 9.95.